The number of carboxylic acids is 2. The predicted molar refractivity (Wildman–Crippen MR) is 291 cm³/mol. The Morgan fingerprint density at radius 1 is 0.634 bits per heavy atom. The van der Waals surface area contributed by atoms with Crippen molar-refractivity contribution in [2.75, 3.05) is 66.6 Å². The summed E-state index contributed by atoms with van der Waals surface area (Å²) in [6, 6.07) is -1.38. The van der Waals surface area contributed by atoms with Gasteiger partial charge in [0.1, 0.15) is 24.2 Å². The van der Waals surface area contributed by atoms with Crippen LogP contribution in [0.1, 0.15) is 72.0 Å². The van der Waals surface area contributed by atoms with Crippen LogP contribution in [-0.2, 0) is 28.7 Å². The molecule has 4 N–H and O–H groups in total. The fraction of sp³-hybridized carbons (Fsp3) is 0.444. The van der Waals surface area contributed by atoms with Crippen molar-refractivity contribution in [2.45, 2.75) is 89.9 Å². The van der Waals surface area contributed by atoms with Crippen molar-refractivity contribution in [3.8, 4) is 0 Å². The molecule has 8 heterocycles. The number of hydrogen-bond donors (Lipinski definition) is 4. The zero-order valence-corrected chi connectivity index (χ0v) is 47.5. The molecule has 4 fully saturated rings. The number of amides is 4. The van der Waals surface area contributed by atoms with E-state index in [1.165, 1.54) is 62.9 Å². The molecular formula is C54H60F4N12O10S2. The summed E-state index contributed by atoms with van der Waals surface area (Å²) in [6.45, 7) is 11.8. The lowest BCUT2D eigenvalue weighted by Crippen LogP contribution is -2.62. The van der Waals surface area contributed by atoms with Crippen molar-refractivity contribution in [1.29, 1.82) is 0 Å². The molecule has 6 aliphatic heterocycles. The smallest absolute Gasteiger partial charge is 0.338 e. The number of aliphatic carboxylic acids is 2. The van der Waals surface area contributed by atoms with E-state index in [9.17, 15) is 56.5 Å². The summed E-state index contributed by atoms with van der Waals surface area (Å²) in [7, 11) is 2.40. The number of nitrogens with one attached hydrogen (secondary N) is 2. The van der Waals surface area contributed by atoms with Crippen LogP contribution < -0.4 is 10.6 Å². The number of piperazine rings is 2. The molecule has 2 aromatic carbocycles. The maximum atomic E-state index is 14.7. The summed E-state index contributed by atoms with van der Waals surface area (Å²) in [5, 5.41) is 31.4. The number of urea groups is 2. The molecule has 10 rings (SSSR count). The van der Waals surface area contributed by atoms with Gasteiger partial charge in [0, 0.05) is 99.0 Å². The van der Waals surface area contributed by atoms with Gasteiger partial charge in [-0.15, -0.1) is 22.7 Å². The molecule has 0 unspecified atom stereocenters. The average molecular weight is 1180 g/mol. The lowest BCUT2D eigenvalue weighted by molar-refractivity contribution is -0.148. The third-order valence-electron chi connectivity index (χ3n) is 15.5. The number of amidine groups is 2. The van der Waals surface area contributed by atoms with E-state index >= 15 is 0 Å². The first-order valence-electron chi connectivity index (χ1n) is 26.2. The monoisotopic (exact) mass is 1180 g/mol. The Labute approximate surface area is 476 Å². The molecule has 4 saturated heterocycles. The molecule has 2 aromatic heterocycles. The topological polar surface area (TPSA) is 255 Å². The van der Waals surface area contributed by atoms with Crippen molar-refractivity contribution in [2.24, 2.45) is 9.98 Å². The summed E-state index contributed by atoms with van der Waals surface area (Å²) in [5.74, 6) is -7.29. The van der Waals surface area contributed by atoms with Gasteiger partial charge in [-0.1, -0.05) is 12.1 Å². The Balaban J connectivity index is 0.000000198. The van der Waals surface area contributed by atoms with Crippen LogP contribution in [0.3, 0.4) is 0 Å². The second-order valence-corrected chi connectivity index (χ2v) is 22.5. The van der Waals surface area contributed by atoms with E-state index in [0.29, 0.717) is 46.2 Å². The number of carbonyl (C=O) groups excluding carboxylic acids is 4. The second kappa shape index (κ2) is 23.9. The van der Waals surface area contributed by atoms with Crippen molar-refractivity contribution in [1.82, 2.24) is 50.0 Å². The Hall–Kier alpha value is -7.82. The third kappa shape index (κ3) is 11.0. The van der Waals surface area contributed by atoms with E-state index in [4.69, 9.17) is 9.47 Å². The number of hydrogen-bond acceptors (Lipinski definition) is 18. The van der Waals surface area contributed by atoms with E-state index in [1.807, 2.05) is 27.7 Å². The molecule has 0 spiro atoms. The number of nitrogens with zero attached hydrogens (tertiary/aromatic N) is 10. The van der Waals surface area contributed by atoms with E-state index in [0.717, 1.165) is 12.1 Å². The van der Waals surface area contributed by atoms with Gasteiger partial charge in [-0.2, -0.15) is 0 Å². The number of carboxylic acid groups (broad SMARTS) is 2. The summed E-state index contributed by atoms with van der Waals surface area (Å²) in [4.78, 5) is 106. The van der Waals surface area contributed by atoms with Crippen LogP contribution in [0.25, 0.3) is 0 Å². The predicted octanol–water partition coefficient (Wildman–Crippen LogP) is 5.06. The van der Waals surface area contributed by atoms with Crippen LogP contribution in [-0.4, -0.2) is 200 Å². The highest BCUT2D eigenvalue weighted by atomic mass is 32.1. The first kappa shape index (κ1) is 58.8. The first-order chi connectivity index (χ1) is 39.1. The van der Waals surface area contributed by atoms with Crippen LogP contribution in [0.15, 0.2) is 79.9 Å². The molecule has 6 aliphatic rings. The molecule has 0 saturated carbocycles. The quantitative estimate of drug-likeness (QED) is 0.0951. The van der Waals surface area contributed by atoms with Crippen LogP contribution in [0.2, 0.25) is 0 Å². The molecule has 4 aromatic rings. The number of aromatic nitrogens is 2. The molecule has 0 aliphatic carbocycles. The minimum atomic E-state index is -1.10. The highest BCUT2D eigenvalue weighted by Crippen LogP contribution is 2.39. The minimum absolute atomic E-state index is 0.0184. The summed E-state index contributed by atoms with van der Waals surface area (Å²) in [5.41, 5.74) is 1.16. The van der Waals surface area contributed by atoms with Gasteiger partial charge in [-0.3, -0.25) is 29.4 Å². The van der Waals surface area contributed by atoms with Crippen LogP contribution >= 0.6 is 22.7 Å². The number of benzene rings is 2. The van der Waals surface area contributed by atoms with Gasteiger partial charge in [0.15, 0.2) is 45.0 Å². The van der Waals surface area contributed by atoms with E-state index in [1.54, 1.807) is 52.6 Å². The van der Waals surface area contributed by atoms with Gasteiger partial charge >= 0.3 is 35.9 Å². The zero-order valence-electron chi connectivity index (χ0n) is 45.9. The summed E-state index contributed by atoms with van der Waals surface area (Å²) >= 11 is 2.57. The number of halogens is 4. The molecule has 4 amide bonds. The minimum Gasteiger partial charge on any atom is -0.480 e. The average Bonchev–Trinajstić information content (AvgIpc) is 3.87. The van der Waals surface area contributed by atoms with Crippen molar-refractivity contribution in [3.05, 3.63) is 125 Å². The van der Waals surface area contributed by atoms with Crippen LogP contribution in [0.4, 0.5) is 27.2 Å². The Morgan fingerprint density at radius 3 is 1.33 bits per heavy atom. The molecule has 6 atom stereocenters. The molecule has 22 nitrogen and oxygen atoms in total. The molecular weight excluding hydrogens is 1120 g/mol. The number of aliphatic imine (C=N–C) groups is 2. The van der Waals surface area contributed by atoms with Crippen LogP contribution in [0, 0.1) is 37.1 Å². The molecule has 436 valence electrons. The SMILES string of the molecule is COC(=O)C1=C(CN2CCN3C(=O)N(C(C)C)C[C@@H]3[C@H]2C(=O)O)NC(c2nccs2)=N[C@H]1c1ccc(F)c(F)c1C.COC(=O)C1=C(CN2CCN3C(=O)N(C(C)C)C[C@H]3[C@@H]2C(=O)O)NC(c2nccs2)=N[C@H]1c1ccc(F)c(F)c1C. The standard InChI is InChI=1S/2C27H30F2N6O5S/c2*1-13(2)35-12-18-22(25(36)37)33(8-9-34(18)27(35)39)11-17-19(26(38)40-4)21(15-5-6-16(28)20(29)14(15)3)32-23(31-17)24-30-7-10-41-24/h2*5-7,10,13,18,21-22H,8-9,11-12H2,1-4H3,(H,31,32)(H,36,37)/t18-,21+,22+;18-,21-,22+/m10/s1. The largest absolute Gasteiger partial charge is 0.480 e. The van der Waals surface area contributed by atoms with Gasteiger partial charge < -0.3 is 49.9 Å². The summed E-state index contributed by atoms with van der Waals surface area (Å²) < 4.78 is 67.6. The normalized spacial score (nSPS) is 23.0. The maximum Gasteiger partial charge on any atom is 0.338 e. The fourth-order valence-electron chi connectivity index (χ4n) is 11.4. The fourth-order valence-corrected chi connectivity index (χ4v) is 12.5. The number of methoxy groups -OCH3 is 2. The lowest BCUT2D eigenvalue weighted by atomic mass is 9.91. The second-order valence-electron chi connectivity index (χ2n) is 20.7. The van der Waals surface area contributed by atoms with Gasteiger partial charge in [-0.05, 0) is 75.9 Å². The number of fused-ring (bicyclic) bond motifs is 2. The number of carbonyl (C=O) groups is 6. The Bertz CT molecular complexity index is 3110. The van der Waals surface area contributed by atoms with Crippen molar-refractivity contribution >= 4 is 70.3 Å². The maximum absolute atomic E-state index is 14.7. The van der Waals surface area contributed by atoms with E-state index in [-0.39, 0.29) is 96.8 Å². The van der Waals surface area contributed by atoms with E-state index < -0.39 is 83.4 Å². The van der Waals surface area contributed by atoms with Gasteiger partial charge in [-0.25, -0.2) is 46.7 Å². The number of ether oxygens (including phenoxy) is 2. The van der Waals surface area contributed by atoms with Crippen molar-refractivity contribution in [3.63, 3.8) is 0 Å². The van der Waals surface area contributed by atoms with Gasteiger partial charge in [0.05, 0.1) is 37.4 Å². The molecule has 0 bridgehead atoms. The Kier molecular flexibility index (Phi) is 17.2. The molecule has 28 heteroatoms. The van der Waals surface area contributed by atoms with Crippen molar-refractivity contribution < 1.29 is 66.0 Å². The molecule has 0 radical (unpaired) electrons. The third-order valence-corrected chi connectivity index (χ3v) is 17.0. The lowest BCUT2D eigenvalue weighted by Gasteiger charge is -2.42. The number of thiazole rings is 2. The molecule has 82 heavy (non-hydrogen) atoms. The highest BCUT2D eigenvalue weighted by Gasteiger charge is 2.52. The first-order valence-corrected chi connectivity index (χ1v) is 27.9. The van der Waals surface area contributed by atoms with E-state index in [2.05, 4.69) is 30.6 Å². The highest BCUT2D eigenvalue weighted by molar-refractivity contribution is 7.12. The number of rotatable bonds is 14. The number of esters is 2. The van der Waals surface area contributed by atoms with Gasteiger partial charge in [0.2, 0.25) is 0 Å². The zero-order chi connectivity index (χ0) is 59.2. The van der Waals surface area contributed by atoms with Gasteiger partial charge in [0.25, 0.3) is 0 Å². The van der Waals surface area contributed by atoms with Crippen LogP contribution in [0.5, 0.6) is 0 Å². The Morgan fingerprint density at radius 2 is 1.01 bits per heavy atom. The summed E-state index contributed by atoms with van der Waals surface area (Å²) in [6.07, 6.45) is 3.16.